The van der Waals surface area contributed by atoms with E-state index in [4.69, 9.17) is 15.2 Å². The summed E-state index contributed by atoms with van der Waals surface area (Å²) in [6.07, 6.45) is 5.39. The maximum Gasteiger partial charge on any atom is 0.405 e. The SMILES string of the molecule is CCC(I)C(=O)OC12CC3CC(CC(OC(N)=O)(C3)C1)C2. The van der Waals surface area contributed by atoms with Crippen molar-refractivity contribution in [2.24, 2.45) is 17.6 Å². The van der Waals surface area contributed by atoms with Gasteiger partial charge in [-0.25, -0.2) is 4.79 Å². The second-order valence-electron chi connectivity index (χ2n) is 7.05. The minimum absolute atomic E-state index is 0.108. The van der Waals surface area contributed by atoms with Crippen molar-refractivity contribution >= 4 is 34.7 Å². The highest BCUT2D eigenvalue weighted by Crippen LogP contribution is 2.60. The number of hydrogen-bond donors (Lipinski definition) is 1. The summed E-state index contributed by atoms with van der Waals surface area (Å²) < 4.78 is 11.3. The van der Waals surface area contributed by atoms with Crippen LogP contribution in [0.3, 0.4) is 0 Å². The van der Waals surface area contributed by atoms with Gasteiger partial charge in [0.25, 0.3) is 0 Å². The zero-order valence-electron chi connectivity index (χ0n) is 12.3. The molecule has 0 aromatic rings. The molecule has 0 radical (unpaired) electrons. The van der Waals surface area contributed by atoms with Crippen molar-refractivity contribution in [3.05, 3.63) is 0 Å². The number of rotatable bonds is 4. The van der Waals surface area contributed by atoms with Gasteiger partial charge in [-0.15, -0.1) is 0 Å². The Morgan fingerprint density at radius 2 is 1.71 bits per heavy atom. The molecular formula is C15H22INO4. The lowest BCUT2D eigenvalue weighted by Crippen LogP contribution is -2.62. The van der Waals surface area contributed by atoms with Gasteiger partial charge >= 0.3 is 12.1 Å². The monoisotopic (exact) mass is 407 g/mol. The van der Waals surface area contributed by atoms with Gasteiger partial charge in [-0.1, -0.05) is 29.5 Å². The Hall–Kier alpha value is -0.530. The third kappa shape index (κ3) is 2.87. The fourth-order valence-electron chi connectivity index (χ4n) is 4.99. The molecule has 0 heterocycles. The van der Waals surface area contributed by atoms with E-state index in [2.05, 4.69) is 22.6 Å². The largest absolute Gasteiger partial charge is 0.458 e. The maximum atomic E-state index is 12.2. The average molecular weight is 407 g/mol. The molecule has 4 bridgehead atoms. The Kier molecular flexibility index (Phi) is 3.86. The first-order valence-electron chi connectivity index (χ1n) is 7.71. The number of esters is 1. The zero-order chi connectivity index (χ0) is 15.3. The molecule has 6 heteroatoms. The van der Waals surface area contributed by atoms with Crippen LogP contribution in [0.15, 0.2) is 0 Å². The molecule has 2 N–H and O–H groups in total. The summed E-state index contributed by atoms with van der Waals surface area (Å²) in [6, 6.07) is 0. The molecule has 4 rings (SSSR count). The first kappa shape index (κ1) is 15.4. The van der Waals surface area contributed by atoms with Crippen molar-refractivity contribution < 1.29 is 19.1 Å². The van der Waals surface area contributed by atoms with Crippen LogP contribution in [0, 0.1) is 11.8 Å². The minimum Gasteiger partial charge on any atom is -0.458 e. The molecule has 4 fully saturated rings. The third-order valence-corrected chi connectivity index (χ3v) is 6.59. The van der Waals surface area contributed by atoms with Crippen molar-refractivity contribution in [2.75, 3.05) is 0 Å². The van der Waals surface area contributed by atoms with E-state index in [0.717, 1.165) is 38.5 Å². The maximum absolute atomic E-state index is 12.2. The van der Waals surface area contributed by atoms with Gasteiger partial charge in [-0.05, 0) is 50.4 Å². The Balaban J connectivity index is 1.80. The highest BCUT2D eigenvalue weighted by atomic mass is 127. The molecular weight excluding hydrogens is 385 g/mol. The summed E-state index contributed by atoms with van der Waals surface area (Å²) in [5.41, 5.74) is 4.33. The number of hydrogen-bond acceptors (Lipinski definition) is 4. The van der Waals surface area contributed by atoms with Gasteiger partial charge in [0.2, 0.25) is 0 Å². The van der Waals surface area contributed by atoms with Crippen molar-refractivity contribution in [2.45, 2.75) is 67.0 Å². The smallest absolute Gasteiger partial charge is 0.405 e. The van der Waals surface area contributed by atoms with E-state index in [1.54, 1.807) is 0 Å². The standard InChI is InChI=1S/C15H22INO4/c1-2-11(16)12(18)20-14-4-9-3-10(5-14)7-15(6-9,8-14)21-13(17)19/h9-11H,2-8H2,1H3,(H2,17,19). The molecule has 0 aliphatic heterocycles. The number of amides is 1. The number of halogens is 1. The van der Waals surface area contributed by atoms with E-state index in [1.807, 2.05) is 6.92 Å². The lowest BCUT2D eigenvalue weighted by atomic mass is 9.52. The van der Waals surface area contributed by atoms with E-state index in [1.165, 1.54) is 0 Å². The second kappa shape index (κ2) is 5.28. The first-order chi connectivity index (χ1) is 9.85. The van der Waals surface area contributed by atoms with Gasteiger partial charge < -0.3 is 15.2 Å². The highest BCUT2D eigenvalue weighted by Gasteiger charge is 2.61. The zero-order valence-corrected chi connectivity index (χ0v) is 14.4. The van der Waals surface area contributed by atoms with Gasteiger partial charge in [-0.2, -0.15) is 0 Å². The molecule has 0 aromatic carbocycles. The van der Waals surface area contributed by atoms with Crippen LogP contribution in [0.2, 0.25) is 0 Å². The van der Waals surface area contributed by atoms with Crippen LogP contribution in [0.4, 0.5) is 4.79 Å². The molecule has 3 atom stereocenters. The van der Waals surface area contributed by atoms with Crippen LogP contribution in [0.5, 0.6) is 0 Å². The van der Waals surface area contributed by atoms with Crippen LogP contribution >= 0.6 is 22.6 Å². The second-order valence-corrected chi connectivity index (χ2v) is 8.55. The fraction of sp³-hybridized carbons (Fsp3) is 0.867. The van der Waals surface area contributed by atoms with Gasteiger partial charge in [0.15, 0.2) is 0 Å². The Bertz CT molecular complexity index is 453. The number of primary amides is 1. The Labute approximate surface area is 138 Å². The van der Waals surface area contributed by atoms with Crippen LogP contribution in [0.1, 0.15) is 51.9 Å². The highest BCUT2D eigenvalue weighted by molar-refractivity contribution is 14.1. The van der Waals surface area contributed by atoms with Gasteiger partial charge in [0.05, 0.1) is 0 Å². The summed E-state index contributed by atoms with van der Waals surface area (Å²) >= 11 is 2.13. The molecule has 21 heavy (non-hydrogen) atoms. The van der Waals surface area contributed by atoms with Crippen molar-refractivity contribution in [3.8, 4) is 0 Å². The average Bonchev–Trinajstić information content (AvgIpc) is 2.33. The normalized spacial score (nSPS) is 41.6. The van der Waals surface area contributed by atoms with Crippen molar-refractivity contribution in [3.63, 3.8) is 0 Å². The number of carbonyl (C=O) groups is 2. The van der Waals surface area contributed by atoms with Crippen LogP contribution in [-0.4, -0.2) is 27.2 Å². The van der Waals surface area contributed by atoms with Gasteiger partial charge in [0.1, 0.15) is 15.1 Å². The van der Waals surface area contributed by atoms with Gasteiger partial charge in [0, 0.05) is 6.42 Å². The molecule has 0 aromatic heterocycles. The van der Waals surface area contributed by atoms with Crippen molar-refractivity contribution in [1.82, 2.24) is 0 Å². The molecule has 4 aliphatic rings. The van der Waals surface area contributed by atoms with Crippen LogP contribution in [0.25, 0.3) is 0 Å². The van der Waals surface area contributed by atoms with Crippen LogP contribution in [-0.2, 0) is 14.3 Å². The third-order valence-electron chi connectivity index (χ3n) is 5.20. The molecule has 4 aliphatic carbocycles. The van der Waals surface area contributed by atoms with E-state index in [9.17, 15) is 9.59 Å². The number of ether oxygens (including phenoxy) is 2. The fourth-order valence-corrected chi connectivity index (χ4v) is 5.12. The summed E-state index contributed by atoms with van der Waals surface area (Å²) in [5.74, 6) is 0.828. The minimum atomic E-state index is -0.709. The Morgan fingerprint density at radius 3 is 2.19 bits per heavy atom. The number of nitrogens with two attached hydrogens (primary N) is 1. The topological polar surface area (TPSA) is 78.6 Å². The summed E-state index contributed by atoms with van der Waals surface area (Å²) in [4.78, 5) is 23.5. The predicted molar refractivity (Wildman–Crippen MR) is 85.0 cm³/mol. The number of carbonyl (C=O) groups excluding carboxylic acids is 2. The predicted octanol–water partition coefficient (Wildman–Crippen LogP) is 2.93. The van der Waals surface area contributed by atoms with Crippen molar-refractivity contribution in [1.29, 1.82) is 0 Å². The van der Waals surface area contributed by atoms with E-state index >= 15 is 0 Å². The molecule has 3 unspecified atom stereocenters. The molecule has 0 spiro atoms. The summed E-state index contributed by atoms with van der Waals surface area (Å²) in [5, 5.41) is 0. The molecule has 0 saturated heterocycles. The number of alkyl halides is 1. The van der Waals surface area contributed by atoms with E-state index in [-0.39, 0.29) is 9.89 Å². The van der Waals surface area contributed by atoms with Crippen LogP contribution < -0.4 is 5.73 Å². The molecule has 118 valence electrons. The molecule has 1 amide bonds. The lowest BCUT2D eigenvalue weighted by molar-refractivity contribution is -0.218. The van der Waals surface area contributed by atoms with Gasteiger partial charge in [-0.3, -0.25) is 4.79 Å². The quantitative estimate of drug-likeness (QED) is 0.442. The first-order valence-corrected chi connectivity index (χ1v) is 8.95. The molecule has 4 saturated carbocycles. The molecule has 5 nitrogen and oxygen atoms in total. The Morgan fingerprint density at radius 1 is 1.19 bits per heavy atom. The summed E-state index contributed by atoms with van der Waals surface area (Å²) in [6.45, 7) is 1.98. The van der Waals surface area contributed by atoms with E-state index < -0.39 is 17.3 Å². The van der Waals surface area contributed by atoms with E-state index in [0.29, 0.717) is 18.3 Å². The lowest BCUT2D eigenvalue weighted by Gasteiger charge is -2.60. The summed E-state index contributed by atoms with van der Waals surface area (Å²) in [7, 11) is 0.